The molecule has 0 atom stereocenters. The lowest BCUT2D eigenvalue weighted by atomic mass is 10.1. The van der Waals surface area contributed by atoms with Crippen LogP contribution < -0.4 is 0 Å². The predicted octanol–water partition coefficient (Wildman–Crippen LogP) is 3.64. The van der Waals surface area contributed by atoms with E-state index in [9.17, 15) is 0 Å². The van der Waals surface area contributed by atoms with Gasteiger partial charge in [-0.1, -0.05) is 12.1 Å². The Morgan fingerprint density at radius 3 is 2.94 bits per heavy atom. The Kier molecular flexibility index (Phi) is 2.62. The van der Waals surface area contributed by atoms with E-state index in [-0.39, 0.29) is 0 Å². The van der Waals surface area contributed by atoms with Gasteiger partial charge in [0, 0.05) is 16.2 Å². The third kappa shape index (κ3) is 1.79. The summed E-state index contributed by atoms with van der Waals surface area (Å²) in [5.41, 5.74) is 3.50. The van der Waals surface area contributed by atoms with E-state index in [0.29, 0.717) is 5.56 Å². The highest BCUT2D eigenvalue weighted by Gasteiger charge is 2.06. The van der Waals surface area contributed by atoms with Gasteiger partial charge in [-0.25, -0.2) is 4.98 Å². The smallest absolute Gasteiger partial charge is 0.137 e. The summed E-state index contributed by atoms with van der Waals surface area (Å²) in [6, 6.07) is 13.6. The lowest BCUT2D eigenvalue weighted by Crippen LogP contribution is -1.88. The second kappa shape index (κ2) is 4.28. The molecule has 3 aromatic rings. The lowest BCUT2D eigenvalue weighted by molar-refractivity contribution is 1.18. The first-order chi connectivity index (χ1) is 8.78. The zero-order valence-corrected chi connectivity index (χ0v) is 10.9. The van der Waals surface area contributed by atoms with Crippen molar-refractivity contribution in [3.8, 4) is 17.3 Å². The second-order valence-corrected chi connectivity index (χ2v) is 4.83. The number of rotatable bonds is 1. The van der Waals surface area contributed by atoms with E-state index in [1.54, 1.807) is 6.07 Å². The van der Waals surface area contributed by atoms with Gasteiger partial charge in [0.2, 0.25) is 0 Å². The van der Waals surface area contributed by atoms with E-state index in [1.807, 2.05) is 47.1 Å². The van der Waals surface area contributed by atoms with E-state index in [2.05, 4.69) is 27.0 Å². The number of hydrogen-bond donors (Lipinski definition) is 0. The van der Waals surface area contributed by atoms with E-state index in [1.165, 1.54) is 0 Å². The Bertz CT molecular complexity index is 768. The van der Waals surface area contributed by atoms with Crippen LogP contribution in [0.1, 0.15) is 5.56 Å². The summed E-state index contributed by atoms with van der Waals surface area (Å²) >= 11 is 3.45. The molecule has 0 saturated heterocycles. The van der Waals surface area contributed by atoms with Gasteiger partial charge in [-0.2, -0.15) is 5.26 Å². The topological polar surface area (TPSA) is 41.1 Å². The molecule has 0 amide bonds. The molecule has 0 aliphatic heterocycles. The standard InChI is InChI=1S/C14H8BrN3/c15-12-4-5-14-17-8-13(18(14)9-12)11-3-1-2-10(6-11)7-16/h1-6,8-9H. The van der Waals surface area contributed by atoms with Crippen molar-refractivity contribution >= 4 is 21.6 Å². The fourth-order valence-corrected chi connectivity index (χ4v) is 2.25. The summed E-state index contributed by atoms with van der Waals surface area (Å²) in [4.78, 5) is 4.35. The first-order valence-corrected chi connectivity index (χ1v) is 6.20. The molecule has 2 aromatic heterocycles. The van der Waals surface area contributed by atoms with Crippen LogP contribution in [0.2, 0.25) is 0 Å². The van der Waals surface area contributed by atoms with Gasteiger partial charge in [0.05, 0.1) is 23.5 Å². The van der Waals surface area contributed by atoms with Crippen LogP contribution in [0.4, 0.5) is 0 Å². The third-order valence-electron chi connectivity index (χ3n) is 2.76. The van der Waals surface area contributed by atoms with E-state index in [4.69, 9.17) is 5.26 Å². The fourth-order valence-electron chi connectivity index (χ4n) is 1.92. The van der Waals surface area contributed by atoms with E-state index < -0.39 is 0 Å². The van der Waals surface area contributed by atoms with E-state index in [0.717, 1.165) is 21.4 Å². The summed E-state index contributed by atoms with van der Waals surface area (Å²) in [5.74, 6) is 0. The molecule has 0 aliphatic carbocycles. The van der Waals surface area contributed by atoms with Crippen molar-refractivity contribution in [2.75, 3.05) is 0 Å². The maximum absolute atomic E-state index is 8.94. The van der Waals surface area contributed by atoms with E-state index >= 15 is 0 Å². The van der Waals surface area contributed by atoms with Crippen molar-refractivity contribution in [1.82, 2.24) is 9.38 Å². The molecule has 0 fully saturated rings. The first-order valence-electron chi connectivity index (χ1n) is 5.41. The number of nitrogens with zero attached hydrogens (tertiary/aromatic N) is 3. The Hall–Kier alpha value is -2.12. The lowest BCUT2D eigenvalue weighted by Gasteiger charge is -2.02. The number of nitriles is 1. The van der Waals surface area contributed by atoms with Crippen LogP contribution in [-0.2, 0) is 0 Å². The third-order valence-corrected chi connectivity index (χ3v) is 3.23. The van der Waals surface area contributed by atoms with Crippen LogP contribution in [0, 0.1) is 11.3 Å². The van der Waals surface area contributed by atoms with Gasteiger partial charge >= 0.3 is 0 Å². The molecule has 86 valence electrons. The van der Waals surface area contributed by atoms with Gasteiger partial charge in [0.1, 0.15) is 5.65 Å². The maximum atomic E-state index is 8.94. The summed E-state index contributed by atoms with van der Waals surface area (Å²) in [6.45, 7) is 0. The van der Waals surface area contributed by atoms with Crippen molar-refractivity contribution < 1.29 is 0 Å². The molecule has 0 unspecified atom stereocenters. The van der Waals surface area contributed by atoms with Crippen LogP contribution >= 0.6 is 15.9 Å². The zero-order valence-electron chi connectivity index (χ0n) is 9.34. The molecule has 0 spiro atoms. The van der Waals surface area contributed by atoms with Gasteiger partial charge in [0.15, 0.2) is 0 Å². The molecule has 0 aliphatic rings. The number of benzene rings is 1. The highest BCUT2D eigenvalue weighted by atomic mass is 79.9. The Morgan fingerprint density at radius 2 is 2.11 bits per heavy atom. The number of aromatic nitrogens is 2. The van der Waals surface area contributed by atoms with Gasteiger partial charge < -0.3 is 0 Å². The van der Waals surface area contributed by atoms with Crippen molar-refractivity contribution in [3.05, 3.63) is 58.8 Å². The highest BCUT2D eigenvalue weighted by molar-refractivity contribution is 9.10. The van der Waals surface area contributed by atoms with Crippen LogP contribution in [0.15, 0.2) is 53.3 Å². The van der Waals surface area contributed by atoms with Crippen molar-refractivity contribution in [1.29, 1.82) is 5.26 Å². The van der Waals surface area contributed by atoms with Crippen LogP contribution in [0.25, 0.3) is 16.9 Å². The number of imidazole rings is 1. The minimum absolute atomic E-state index is 0.650. The molecular formula is C14H8BrN3. The molecular weight excluding hydrogens is 290 g/mol. The molecule has 3 rings (SSSR count). The normalized spacial score (nSPS) is 10.4. The number of pyridine rings is 1. The number of halogens is 1. The summed E-state index contributed by atoms with van der Waals surface area (Å²) in [6.07, 6.45) is 3.79. The van der Waals surface area contributed by atoms with Crippen molar-refractivity contribution in [2.45, 2.75) is 0 Å². The average molecular weight is 298 g/mol. The monoisotopic (exact) mass is 297 g/mol. The predicted molar refractivity (Wildman–Crippen MR) is 73.0 cm³/mol. The average Bonchev–Trinajstić information content (AvgIpc) is 2.81. The molecule has 18 heavy (non-hydrogen) atoms. The Balaban J connectivity index is 2.25. The molecule has 0 radical (unpaired) electrons. The molecule has 2 heterocycles. The first kappa shape index (κ1) is 11.0. The number of fused-ring (bicyclic) bond motifs is 1. The zero-order chi connectivity index (χ0) is 12.5. The van der Waals surface area contributed by atoms with Crippen LogP contribution in [0.5, 0.6) is 0 Å². The summed E-state index contributed by atoms with van der Waals surface area (Å²) < 4.78 is 2.99. The van der Waals surface area contributed by atoms with Gasteiger partial charge in [-0.05, 0) is 40.2 Å². The molecule has 0 N–H and O–H groups in total. The fraction of sp³-hybridized carbons (Fsp3) is 0. The van der Waals surface area contributed by atoms with Crippen molar-refractivity contribution in [2.24, 2.45) is 0 Å². The minimum atomic E-state index is 0.650. The maximum Gasteiger partial charge on any atom is 0.137 e. The number of hydrogen-bond acceptors (Lipinski definition) is 2. The SMILES string of the molecule is N#Cc1cccc(-c2cnc3ccc(Br)cn23)c1. The quantitative estimate of drug-likeness (QED) is 0.688. The van der Waals surface area contributed by atoms with Crippen molar-refractivity contribution in [3.63, 3.8) is 0 Å². The molecule has 1 aromatic carbocycles. The largest absolute Gasteiger partial charge is 0.299 e. The highest BCUT2D eigenvalue weighted by Crippen LogP contribution is 2.23. The van der Waals surface area contributed by atoms with Crippen LogP contribution in [-0.4, -0.2) is 9.38 Å². The molecule has 0 bridgehead atoms. The van der Waals surface area contributed by atoms with Gasteiger partial charge in [-0.15, -0.1) is 0 Å². The minimum Gasteiger partial charge on any atom is -0.299 e. The van der Waals surface area contributed by atoms with Gasteiger partial charge in [-0.3, -0.25) is 4.40 Å². The Labute approximate surface area is 112 Å². The molecule has 4 heteroatoms. The summed E-state index contributed by atoms with van der Waals surface area (Å²) in [7, 11) is 0. The second-order valence-electron chi connectivity index (χ2n) is 3.91. The Morgan fingerprint density at radius 1 is 1.22 bits per heavy atom. The van der Waals surface area contributed by atoms with Gasteiger partial charge in [0.25, 0.3) is 0 Å². The molecule has 0 saturated carbocycles. The van der Waals surface area contributed by atoms with Crippen LogP contribution in [0.3, 0.4) is 0 Å². The summed E-state index contributed by atoms with van der Waals surface area (Å²) in [5, 5.41) is 8.94. The molecule has 3 nitrogen and oxygen atoms in total.